The van der Waals surface area contributed by atoms with Crippen LogP contribution in [0.2, 0.25) is 0 Å². The molecule has 1 aliphatic heterocycles. The van der Waals surface area contributed by atoms with Crippen LogP contribution in [0.1, 0.15) is 102 Å². The van der Waals surface area contributed by atoms with Crippen LogP contribution in [0.3, 0.4) is 0 Å². The van der Waals surface area contributed by atoms with Gasteiger partial charge in [-0.3, -0.25) is 14.4 Å². The van der Waals surface area contributed by atoms with E-state index in [4.69, 9.17) is 14.5 Å². The number of anilines is 1. The highest BCUT2D eigenvalue weighted by Crippen LogP contribution is 2.39. The second-order valence-electron chi connectivity index (χ2n) is 14.5. The molecule has 260 valence electrons. The van der Waals surface area contributed by atoms with Gasteiger partial charge in [0.15, 0.2) is 0 Å². The summed E-state index contributed by atoms with van der Waals surface area (Å²) in [4.78, 5) is 35.5. The summed E-state index contributed by atoms with van der Waals surface area (Å²) in [5.74, 6) is 2.54. The topological polar surface area (TPSA) is 114 Å². The molecule has 3 heterocycles. The first-order valence-electron chi connectivity index (χ1n) is 18.1. The van der Waals surface area contributed by atoms with Gasteiger partial charge >= 0.3 is 6.09 Å². The minimum atomic E-state index is -0.211. The number of likely N-dealkylation sites (tertiary alicyclic amines) is 1. The third kappa shape index (κ3) is 7.92. The normalized spacial score (nSPS) is 22.7. The summed E-state index contributed by atoms with van der Waals surface area (Å²) >= 11 is 0. The number of rotatable bonds is 10. The highest BCUT2D eigenvalue weighted by atomic mass is 16.6. The molecule has 0 atom stereocenters. The van der Waals surface area contributed by atoms with Crippen LogP contribution in [0.25, 0.3) is 11.1 Å². The molecular weight excluding hydrogens is 616 g/mol. The van der Waals surface area contributed by atoms with Gasteiger partial charge in [0.25, 0.3) is 0 Å². The fourth-order valence-electron chi connectivity index (χ4n) is 7.66. The van der Waals surface area contributed by atoms with Crippen molar-refractivity contribution in [3.8, 4) is 22.9 Å². The predicted octanol–water partition coefficient (Wildman–Crippen LogP) is 7.75. The van der Waals surface area contributed by atoms with E-state index in [1.165, 1.54) is 5.56 Å². The number of methoxy groups -OCH3 is 1. The van der Waals surface area contributed by atoms with Crippen LogP contribution in [-0.4, -0.2) is 64.5 Å². The van der Waals surface area contributed by atoms with Crippen molar-refractivity contribution in [1.82, 2.24) is 19.7 Å². The van der Waals surface area contributed by atoms with E-state index in [2.05, 4.69) is 38.0 Å². The average molecular weight is 667 g/mol. The summed E-state index contributed by atoms with van der Waals surface area (Å²) in [5.41, 5.74) is 3.73. The largest absolute Gasteiger partial charge is 0.495 e. The lowest BCUT2D eigenvalue weighted by atomic mass is 9.78. The minimum Gasteiger partial charge on any atom is -0.495 e. The Morgan fingerprint density at radius 3 is 2.41 bits per heavy atom. The summed E-state index contributed by atoms with van der Waals surface area (Å²) in [7, 11) is 1.59. The maximum absolute atomic E-state index is 14.4. The molecule has 0 unspecified atom stereocenters. The van der Waals surface area contributed by atoms with Crippen molar-refractivity contribution in [1.29, 1.82) is 5.26 Å². The molecule has 2 aliphatic carbocycles. The number of pyridine rings is 1. The number of amides is 2. The lowest BCUT2D eigenvalue weighted by molar-refractivity contribution is -0.124. The molecule has 10 heteroatoms. The van der Waals surface area contributed by atoms with Crippen molar-refractivity contribution in [2.24, 2.45) is 17.8 Å². The minimum absolute atomic E-state index is 0.108. The van der Waals surface area contributed by atoms with Crippen molar-refractivity contribution >= 4 is 17.8 Å². The average Bonchev–Trinajstić information content (AvgIpc) is 3.61. The Hall–Kier alpha value is -4.39. The first kappa shape index (κ1) is 34.5. The van der Waals surface area contributed by atoms with Crippen LogP contribution in [0.15, 0.2) is 48.9 Å². The number of hydrogen-bond donors (Lipinski definition) is 0. The van der Waals surface area contributed by atoms with Crippen molar-refractivity contribution < 1.29 is 19.1 Å². The number of nitrogens with zero attached hydrogens (tertiary/aromatic N) is 6. The van der Waals surface area contributed by atoms with Gasteiger partial charge in [-0.15, -0.1) is 0 Å². The van der Waals surface area contributed by atoms with E-state index in [-0.39, 0.29) is 30.1 Å². The molecule has 2 saturated carbocycles. The van der Waals surface area contributed by atoms with Crippen LogP contribution < -0.4 is 9.64 Å². The number of benzene rings is 1. The highest BCUT2D eigenvalue weighted by molar-refractivity contribution is 5.94. The lowest BCUT2D eigenvalue weighted by Gasteiger charge is -2.39. The second kappa shape index (κ2) is 15.4. The molecule has 6 rings (SSSR count). The van der Waals surface area contributed by atoms with E-state index in [0.717, 1.165) is 56.3 Å². The Kier molecular flexibility index (Phi) is 10.9. The number of hydrogen-bond acceptors (Lipinski definition) is 7. The number of aromatic nitrogens is 3. The van der Waals surface area contributed by atoms with Gasteiger partial charge in [0.05, 0.1) is 18.9 Å². The Balaban J connectivity index is 1.14. The van der Waals surface area contributed by atoms with Crippen LogP contribution >= 0.6 is 0 Å². The van der Waals surface area contributed by atoms with E-state index in [1.54, 1.807) is 18.2 Å². The number of carbonyl (C=O) groups is 2. The Bertz CT molecular complexity index is 1640. The van der Waals surface area contributed by atoms with Crippen LogP contribution in [0.5, 0.6) is 5.75 Å². The molecule has 0 N–H and O–H groups in total. The van der Waals surface area contributed by atoms with E-state index in [0.29, 0.717) is 67.1 Å². The zero-order valence-corrected chi connectivity index (χ0v) is 29.4. The van der Waals surface area contributed by atoms with Crippen LogP contribution in [0.4, 0.5) is 10.6 Å². The zero-order chi connectivity index (χ0) is 34.5. The summed E-state index contributed by atoms with van der Waals surface area (Å²) in [6.07, 6.45) is 13.2. The molecule has 3 aliphatic rings. The van der Waals surface area contributed by atoms with Gasteiger partial charge in [-0.25, -0.2) is 9.78 Å². The monoisotopic (exact) mass is 666 g/mol. The van der Waals surface area contributed by atoms with Crippen LogP contribution in [0, 0.1) is 29.1 Å². The molecule has 2 amide bonds. The molecule has 49 heavy (non-hydrogen) atoms. The molecular formula is C39H50N6O4. The van der Waals surface area contributed by atoms with Crippen molar-refractivity contribution in [2.45, 2.75) is 96.6 Å². The van der Waals surface area contributed by atoms with E-state index in [1.807, 2.05) is 46.2 Å². The third-order valence-electron chi connectivity index (χ3n) is 10.9. The molecule has 0 radical (unpaired) electrons. The molecule has 1 saturated heterocycles. The van der Waals surface area contributed by atoms with Gasteiger partial charge < -0.3 is 14.4 Å². The summed E-state index contributed by atoms with van der Waals surface area (Å²) in [5, 5.41) is 14.1. The molecule has 3 aromatic rings. The quantitative estimate of drug-likeness (QED) is 0.217. The number of ether oxygens (including phenoxy) is 2. The molecule has 3 fully saturated rings. The number of carbonyl (C=O) groups excluding carboxylic acids is 2. The summed E-state index contributed by atoms with van der Waals surface area (Å²) < 4.78 is 13.2. The Labute approximate surface area is 290 Å². The van der Waals surface area contributed by atoms with Gasteiger partial charge in [-0.2, -0.15) is 10.4 Å². The SMILES string of the molecule is CCC1CN(C(=O)OC2CCC(C(=O)N(CC3CCC(c4ccc(OC)c(C#N)c4)CC3)c3cc(-c4cnn(C(C)C)c4)ccn3)CC2)C1. The molecule has 0 spiro atoms. The third-order valence-corrected chi connectivity index (χ3v) is 10.9. The van der Waals surface area contributed by atoms with Gasteiger partial charge in [-0.1, -0.05) is 13.0 Å². The van der Waals surface area contributed by atoms with E-state index >= 15 is 0 Å². The van der Waals surface area contributed by atoms with Gasteiger partial charge in [0.2, 0.25) is 5.91 Å². The number of nitriles is 1. The fraction of sp³-hybridized carbons (Fsp3) is 0.564. The molecule has 0 bridgehead atoms. The van der Waals surface area contributed by atoms with Crippen molar-refractivity contribution in [3.05, 3.63) is 60.0 Å². The van der Waals surface area contributed by atoms with E-state index in [9.17, 15) is 14.9 Å². The van der Waals surface area contributed by atoms with Gasteiger partial charge in [0, 0.05) is 49.6 Å². The van der Waals surface area contributed by atoms with E-state index < -0.39 is 0 Å². The van der Waals surface area contributed by atoms with Crippen molar-refractivity contribution in [2.75, 3.05) is 31.6 Å². The van der Waals surface area contributed by atoms with Crippen molar-refractivity contribution in [3.63, 3.8) is 0 Å². The fourth-order valence-corrected chi connectivity index (χ4v) is 7.66. The smallest absolute Gasteiger partial charge is 0.410 e. The molecule has 2 aromatic heterocycles. The Morgan fingerprint density at radius 2 is 1.76 bits per heavy atom. The second-order valence-corrected chi connectivity index (χ2v) is 14.5. The first-order chi connectivity index (χ1) is 23.8. The maximum Gasteiger partial charge on any atom is 0.410 e. The van der Waals surface area contributed by atoms with Gasteiger partial charge in [-0.05, 0) is 125 Å². The lowest BCUT2D eigenvalue weighted by Crippen LogP contribution is -2.50. The maximum atomic E-state index is 14.4. The van der Waals surface area contributed by atoms with Gasteiger partial charge in [0.1, 0.15) is 23.7 Å². The molecule has 10 nitrogen and oxygen atoms in total. The summed E-state index contributed by atoms with van der Waals surface area (Å²) in [6.45, 7) is 8.53. The van der Waals surface area contributed by atoms with Crippen LogP contribution in [-0.2, 0) is 9.53 Å². The predicted molar refractivity (Wildman–Crippen MR) is 188 cm³/mol. The summed E-state index contributed by atoms with van der Waals surface area (Å²) in [6, 6.07) is 12.5. The molecule has 1 aromatic carbocycles. The highest BCUT2D eigenvalue weighted by Gasteiger charge is 2.36. The Morgan fingerprint density at radius 1 is 1.00 bits per heavy atom. The first-order valence-corrected chi connectivity index (χ1v) is 18.1. The standard InChI is InChI=1S/C39H50N6O4/c1-5-27-22-43(23-27)39(47)49-35-13-10-30(11-14-35)38(46)44(37-19-32(16-17-41-37)34-21-42-45(25-34)26(2)3)24-28-6-8-29(9-7-28)31-12-15-36(48-4)33(18-31)20-40/h12,15-19,21,25-30,35H,5-11,13-14,22-24H2,1-4H3. The zero-order valence-electron chi connectivity index (χ0n) is 29.4.